The molecule has 0 aliphatic carbocycles. The smallest absolute Gasteiger partial charge is 0.307 e. The molecule has 0 saturated heterocycles. The molecule has 0 unspecified atom stereocenters. The molecule has 0 radical (unpaired) electrons. The maximum Gasteiger partial charge on any atom is 0.307 e. The number of hydrogen-bond acceptors (Lipinski definition) is 4. The van der Waals surface area contributed by atoms with Crippen molar-refractivity contribution in [1.82, 2.24) is 4.57 Å². The lowest BCUT2D eigenvalue weighted by Gasteiger charge is -2.08. The van der Waals surface area contributed by atoms with E-state index >= 15 is 0 Å². The van der Waals surface area contributed by atoms with Crippen LogP contribution >= 0.6 is 0 Å². The zero-order valence-corrected chi connectivity index (χ0v) is 23.0. The second-order valence-corrected chi connectivity index (χ2v) is 9.87. The maximum absolute atomic E-state index is 13.6. The van der Waals surface area contributed by atoms with E-state index in [9.17, 15) is 19.1 Å². The minimum atomic E-state index is -0.918. The largest absolute Gasteiger partial charge is 0.494 e. The lowest BCUT2D eigenvalue weighted by Crippen LogP contribution is -2.02. The Morgan fingerprint density at radius 1 is 0.878 bits per heavy atom. The van der Waals surface area contributed by atoms with E-state index in [1.807, 2.05) is 65.4 Å². The molecule has 7 nitrogen and oxygen atoms in total. The molecule has 0 aliphatic heterocycles. The van der Waals surface area contributed by atoms with Crippen LogP contribution in [0.3, 0.4) is 0 Å². The number of nitrogens with zero attached hydrogens (tertiary/aromatic N) is 1. The summed E-state index contributed by atoms with van der Waals surface area (Å²) in [5.74, 6) is -0.755. The number of hydrogen-bond donors (Lipinski definition) is 2. The predicted molar refractivity (Wildman–Crippen MR) is 157 cm³/mol. The summed E-state index contributed by atoms with van der Waals surface area (Å²) in [4.78, 5) is 22.5. The molecule has 3 aromatic carbocycles. The molecule has 0 fully saturated rings. The van der Waals surface area contributed by atoms with Gasteiger partial charge in [0.25, 0.3) is 0 Å². The Kier molecular flexibility index (Phi) is 10.2. The average Bonchev–Trinajstić information content (AvgIpc) is 3.29. The van der Waals surface area contributed by atoms with Gasteiger partial charge < -0.3 is 24.3 Å². The first-order valence-corrected chi connectivity index (χ1v) is 13.6. The van der Waals surface area contributed by atoms with Gasteiger partial charge in [0.1, 0.15) is 17.3 Å². The van der Waals surface area contributed by atoms with Gasteiger partial charge in [-0.25, -0.2) is 4.39 Å². The molecule has 1 aromatic heterocycles. The Labute approximate surface area is 238 Å². The van der Waals surface area contributed by atoms with E-state index < -0.39 is 11.9 Å². The monoisotopic (exact) mass is 559 g/mol. The summed E-state index contributed by atoms with van der Waals surface area (Å²) in [6.45, 7) is 3.24. The van der Waals surface area contributed by atoms with Gasteiger partial charge in [-0.15, -0.1) is 0 Å². The molecule has 0 saturated carbocycles. The highest BCUT2D eigenvalue weighted by Gasteiger charge is 2.14. The number of carbonyl (C=O) groups is 2. The number of aryl methyl sites for hydroxylation is 2. The number of rotatable bonds is 15. The van der Waals surface area contributed by atoms with Crippen LogP contribution in [0.1, 0.15) is 47.9 Å². The summed E-state index contributed by atoms with van der Waals surface area (Å²) in [6.07, 6.45) is 7.73. The minimum absolute atomic E-state index is 0.0536. The topological polar surface area (TPSA) is 98.0 Å². The fraction of sp³-hybridized carbons (Fsp3) is 0.273. The molecule has 4 rings (SSSR count). The van der Waals surface area contributed by atoms with E-state index in [-0.39, 0.29) is 18.7 Å². The molecule has 0 spiro atoms. The lowest BCUT2D eigenvalue weighted by atomic mass is 10.0. The van der Waals surface area contributed by atoms with Gasteiger partial charge in [0.2, 0.25) is 0 Å². The summed E-state index contributed by atoms with van der Waals surface area (Å²) < 4.78 is 27.0. The molecule has 4 aromatic rings. The van der Waals surface area contributed by atoms with Crippen LogP contribution in [-0.2, 0) is 22.6 Å². The van der Waals surface area contributed by atoms with E-state index in [2.05, 4.69) is 0 Å². The molecule has 0 bridgehead atoms. The zero-order chi connectivity index (χ0) is 29.2. The number of ether oxygens (including phenoxy) is 2. The first kappa shape index (κ1) is 29.4. The zero-order valence-electron chi connectivity index (χ0n) is 23.0. The molecule has 41 heavy (non-hydrogen) atoms. The van der Waals surface area contributed by atoms with Crippen molar-refractivity contribution >= 4 is 35.0 Å². The first-order chi connectivity index (χ1) is 19.8. The highest BCUT2D eigenvalue weighted by Crippen LogP contribution is 2.28. The van der Waals surface area contributed by atoms with Crippen LogP contribution in [0.25, 0.3) is 23.1 Å². The number of fused-ring (bicyclic) bond motifs is 1. The normalized spacial score (nSPS) is 11.3. The van der Waals surface area contributed by atoms with Crippen LogP contribution in [-0.4, -0.2) is 39.9 Å². The van der Waals surface area contributed by atoms with Crippen molar-refractivity contribution in [1.29, 1.82) is 0 Å². The van der Waals surface area contributed by atoms with Gasteiger partial charge in [-0.3, -0.25) is 9.59 Å². The Morgan fingerprint density at radius 3 is 2.27 bits per heavy atom. The Bertz CT molecular complexity index is 1520. The first-order valence-electron chi connectivity index (χ1n) is 13.6. The number of unbranched alkanes of at least 4 members (excludes halogenated alkanes) is 1. The SMILES string of the molecule is Cc1ccc(OCCCCOc2ccc(/C=C/c3cccc4c3c(CC(=O)O)cn4CCCC(=O)O)cc2)cc1F. The summed E-state index contributed by atoms with van der Waals surface area (Å²) in [7, 11) is 0. The summed E-state index contributed by atoms with van der Waals surface area (Å²) >= 11 is 0. The molecule has 0 aliphatic rings. The quantitative estimate of drug-likeness (QED) is 0.120. The minimum Gasteiger partial charge on any atom is -0.494 e. The standard InChI is InChI=1S/C33H34FNO6/c1-23-9-14-28(21-29(23)34)41-19-3-2-18-40-27-15-11-24(12-16-27)10-13-25-6-4-7-30-33(25)26(20-32(38)39)22-35(30)17-5-8-31(36)37/h4,6-7,9-16,21-22H,2-3,5,8,17-20H2,1H3,(H,36,37)(H,38,39)/b13-10+. The number of benzene rings is 3. The van der Waals surface area contributed by atoms with Crippen LogP contribution in [0.2, 0.25) is 0 Å². The van der Waals surface area contributed by atoms with E-state index in [1.165, 1.54) is 6.07 Å². The highest BCUT2D eigenvalue weighted by atomic mass is 19.1. The van der Waals surface area contributed by atoms with E-state index in [4.69, 9.17) is 14.6 Å². The van der Waals surface area contributed by atoms with Crippen molar-refractivity contribution in [3.63, 3.8) is 0 Å². The Balaban J connectivity index is 1.33. The van der Waals surface area contributed by atoms with Gasteiger partial charge in [0.15, 0.2) is 0 Å². The number of aliphatic carboxylic acids is 2. The Morgan fingerprint density at radius 2 is 1.59 bits per heavy atom. The second kappa shape index (κ2) is 14.2. The molecule has 0 atom stereocenters. The number of aromatic nitrogens is 1. The molecule has 1 heterocycles. The van der Waals surface area contributed by atoms with Crippen molar-refractivity contribution in [2.24, 2.45) is 0 Å². The summed E-state index contributed by atoms with van der Waals surface area (Å²) in [5.41, 5.74) is 4.04. The molecule has 2 N–H and O–H groups in total. The van der Waals surface area contributed by atoms with Gasteiger partial charge >= 0.3 is 11.9 Å². The maximum atomic E-state index is 13.6. The lowest BCUT2D eigenvalue weighted by molar-refractivity contribution is -0.137. The third kappa shape index (κ3) is 8.45. The fourth-order valence-electron chi connectivity index (χ4n) is 4.60. The van der Waals surface area contributed by atoms with Gasteiger partial charge in [0, 0.05) is 36.1 Å². The van der Waals surface area contributed by atoms with Gasteiger partial charge in [0.05, 0.1) is 19.6 Å². The molecule has 8 heteroatoms. The van der Waals surface area contributed by atoms with Crippen molar-refractivity contribution in [3.05, 3.63) is 94.9 Å². The van der Waals surface area contributed by atoms with Gasteiger partial charge in [-0.1, -0.05) is 42.5 Å². The summed E-state index contributed by atoms with van der Waals surface area (Å²) in [5, 5.41) is 19.3. The average molecular weight is 560 g/mol. The van der Waals surface area contributed by atoms with Crippen molar-refractivity contribution in [2.75, 3.05) is 13.2 Å². The Hall–Kier alpha value is -4.59. The van der Waals surface area contributed by atoms with Crippen molar-refractivity contribution in [3.8, 4) is 11.5 Å². The van der Waals surface area contributed by atoms with Crippen molar-refractivity contribution < 1.29 is 33.7 Å². The van der Waals surface area contributed by atoms with E-state index in [1.54, 1.807) is 19.1 Å². The number of halogens is 1. The molecule has 214 valence electrons. The van der Waals surface area contributed by atoms with E-state index in [0.717, 1.165) is 40.6 Å². The fourth-order valence-corrected chi connectivity index (χ4v) is 4.60. The van der Waals surface area contributed by atoms with Crippen LogP contribution in [0, 0.1) is 12.7 Å². The van der Waals surface area contributed by atoms with Gasteiger partial charge in [-0.2, -0.15) is 0 Å². The number of carboxylic acid groups (broad SMARTS) is 2. The third-order valence-electron chi connectivity index (χ3n) is 6.70. The van der Waals surface area contributed by atoms with Gasteiger partial charge in [-0.05, 0) is 72.7 Å². The molecule has 0 amide bonds. The molecular formula is C33H34FNO6. The summed E-state index contributed by atoms with van der Waals surface area (Å²) in [6, 6.07) is 18.4. The van der Waals surface area contributed by atoms with Crippen LogP contribution < -0.4 is 9.47 Å². The van der Waals surface area contributed by atoms with E-state index in [0.29, 0.717) is 43.1 Å². The molecular weight excluding hydrogens is 525 g/mol. The third-order valence-corrected chi connectivity index (χ3v) is 6.70. The highest BCUT2D eigenvalue weighted by molar-refractivity contribution is 5.96. The number of carboxylic acids is 2. The van der Waals surface area contributed by atoms with Crippen LogP contribution in [0.15, 0.2) is 66.9 Å². The van der Waals surface area contributed by atoms with Crippen LogP contribution in [0.4, 0.5) is 4.39 Å². The predicted octanol–water partition coefficient (Wildman–Crippen LogP) is 6.99. The second-order valence-electron chi connectivity index (χ2n) is 9.87. The van der Waals surface area contributed by atoms with Crippen molar-refractivity contribution in [2.45, 2.75) is 45.6 Å². The van der Waals surface area contributed by atoms with Crippen LogP contribution in [0.5, 0.6) is 11.5 Å².